The number of hydrogen-bond acceptors (Lipinski definition) is 4. The Kier molecular flexibility index (Phi) is 4.77. The lowest BCUT2D eigenvalue weighted by molar-refractivity contribution is -0.140. The Balaban J connectivity index is 1.86. The van der Waals surface area contributed by atoms with E-state index in [1.54, 1.807) is 19.2 Å². The second-order valence-corrected chi connectivity index (χ2v) is 5.08. The first-order valence-corrected chi connectivity index (χ1v) is 6.94. The molecule has 1 heterocycles. The van der Waals surface area contributed by atoms with E-state index >= 15 is 0 Å². The molecule has 1 aliphatic rings. The normalized spacial score (nSPS) is 22.8. The van der Waals surface area contributed by atoms with Gasteiger partial charge in [0.1, 0.15) is 5.75 Å². The molecule has 104 valence electrons. The Hall–Kier alpha value is -1.58. The van der Waals surface area contributed by atoms with Crippen LogP contribution in [0.4, 0.5) is 0 Å². The number of nitrogens with zero attached hydrogens (tertiary/aromatic N) is 1. The van der Waals surface area contributed by atoms with Gasteiger partial charge in [-0.3, -0.25) is 4.79 Å². The van der Waals surface area contributed by atoms with Crippen molar-refractivity contribution in [2.75, 3.05) is 7.11 Å². The number of carbonyl (C=O) groups excluding carboxylic acids is 1. The Morgan fingerprint density at radius 2 is 2.05 bits per heavy atom. The second kappa shape index (κ2) is 6.55. The minimum Gasteiger partial charge on any atom is -0.481 e. The number of hydrogen-bond donors (Lipinski definition) is 0. The van der Waals surface area contributed by atoms with Crippen LogP contribution in [0.3, 0.4) is 0 Å². The maximum Gasteiger partial charge on any atom is 0.314 e. The standard InChI is InChI=1S/C15H21NO3/c1-3-11-4-6-12(7-5-11)15(17)19-13-8-9-14(18-2)16-10-13/h8-12H,3-7H2,1-2H3. The van der Waals surface area contributed by atoms with Gasteiger partial charge in [0, 0.05) is 6.07 Å². The smallest absolute Gasteiger partial charge is 0.314 e. The SMILES string of the molecule is CCC1CCC(C(=O)Oc2ccc(OC)nc2)CC1. The van der Waals surface area contributed by atoms with Crippen molar-refractivity contribution < 1.29 is 14.3 Å². The maximum absolute atomic E-state index is 12.0. The molecule has 1 aliphatic carbocycles. The third kappa shape index (κ3) is 3.69. The number of aromatic nitrogens is 1. The van der Waals surface area contributed by atoms with Crippen molar-refractivity contribution in [3.05, 3.63) is 18.3 Å². The highest BCUT2D eigenvalue weighted by molar-refractivity contribution is 5.75. The first-order valence-electron chi connectivity index (χ1n) is 6.94. The zero-order chi connectivity index (χ0) is 13.7. The predicted molar refractivity (Wildman–Crippen MR) is 72.2 cm³/mol. The zero-order valence-corrected chi connectivity index (χ0v) is 11.6. The van der Waals surface area contributed by atoms with Crippen molar-refractivity contribution in [1.82, 2.24) is 4.98 Å². The van der Waals surface area contributed by atoms with Crippen molar-refractivity contribution in [2.45, 2.75) is 39.0 Å². The zero-order valence-electron chi connectivity index (χ0n) is 11.6. The molecule has 1 fully saturated rings. The van der Waals surface area contributed by atoms with Gasteiger partial charge in [-0.15, -0.1) is 0 Å². The van der Waals surface area contributed by atoms with E-state index in [0.717, 1.165) is 31.6 Å². The molecule has 1 aromatic heterocycles. The fourth-order valence-electron chi connectivity index (χ4n) is 2.55. The monoisotopic (exact) mass is 263 g/mol. The topological polar surface area (TPSA) is 48.4 Å². The molecule has 0 spiro atoms. The third-order valence-electron chi connectivity index (χ3n) is 3.89. The van der Waals surface area contributed by atoms with Gasteiger partial charge in [-0.25, -0.2) is 4.98 Å². The van der Waals surface area contributed by atoms with E-state index in [9.17, 15) is 4.79 Å². The molecular formula is C15H21NO3. The number of methoxy groups -OCH3 is 1. The minimum atomic E-state index is -0.124. The molecule has 0 N–H and O–H groups in total. The van der Waals surface area contributed by atoms with E-state index in [0.29, 0.717) is 11.6 Å². The van der Waals surface area contributed by atoms with Crippen LogP contribution in [0.2, 0.25) is 0 Å². The summed E-state index contributed by atoms with van der Waals surface area (Å²) in [6.45, 7) is 2.21. The van der Waals surface area contributed by atoms with Gasteiger partial charge < -0.3 is 9.47 Å². The second-order valence-electron chi connectivity index (χ2n) is 5.08. The van der Waals surface area contributed by atoms with Gasteiger partial charge in [-0.2, -0.15) is 0 Å². The summed E-state index contributed by atoms with van der Waals surface area (Å²) in [5, 5.41) is 0. The fourth-order valence-corrected chi connectivity index (χ4v) is 2.55. The number of rotatable bonds is 4. The van der Waals surface area contributed by atoms with Crippen LogP contribution in [0, 0.1) is 11.8 Å². The number of pyridine rings is 1. The van der Waals surface area contributed by atoms with Crippen LogP contribution in [0.15, 0.2) is 18.3 Å². The maximum atomic E-state index is 12.0. The van der Waals surface area contributed by atoms with Gasteiger partial charge in [-0.05, 0) is 37.7 Å². The van der Waals surface area contributed by atoms with Gasteiger partial charge in [-0.1, -0.05) is 13.3 Å². The van der Waals surface area contributed by atoms with E-state index < -0.39 is 0 Å². The summed E-state index contributed by atoms with van der Waals surface area (Å²) in [5.41, 5.74) is 0. The number of ether oxygens (including phenoxy) is 2. The largest absolute Gasteiger partial charge is 0.481 e. The van der Waals surface area contributed by atoms with Crippen LogP contribution in [0.5, 0.6) is 11.6 Å². The highest BCUT2D eigenvalue weighted by Crippen LogP contribution is 2.31. The van der Waals surface area contributed by atoms with Crippen LogP contribution in [-0.4, -0.2) is 18.1 Å². The fraction of sp³-hybridized carbons (Fsp3) is 0.600. The Morgan fingerprint density at radius 3 is 2.58 bits per heavy atom. The van der Waals surface area contributed by atoms with Gasteiger partial charge in [0.15, 0.2) is 0 Å². The summed E-state index contributed by atoms with van der Waals surface area (Å²) in [7, 11) is 1.56. The summed E-state index contributed by atoms with van der Waals surface area (Å²) in [4.78, 5) is 16.1. The van der Waals surface area contributed by atoms with Crippen LogP contribution >= 0.6 is 0 Å². The average molecular weight is 263 g/mol. The molecule has 4 nitrogen and oxygen atoms in total. The lowest BCUT2D eigenvalue weighted by atomic mass is 9.81. The van der Waals surface area contributed by atoms with Gasteiger partial charge in [0.25, 0.3) is 0 Å². The van der Waals surface area contributed by atoms with E-state index in [2.05, 4.69) is 11.9 Å². The van der Waals surface area contributed by atoms with Crippen LogP contribution in [0.1, 0.15) is 39.0 Å². The van der Waals surface area contributed by atoms with Crippen molar-refractivity contribution in [2.24, 2.45) is 11.8 Å². The van der Waals surface area contributed by atoms with Crippen LogP contribution in [0.25, 0.3) is 0 Å². The first-order chi connectivity index (χ1) is 9.22. The lowest BCUT2D eigenvalue weighted by Gasteiger charge is -2.26. The van der Waals surface area contributed by atoms with E-state index in [-0.39, 0.29) is 11.9 Å². The molecule has 1 saturated carbocycles. The van der Waals surface area contributed by atoms with Crippen molar-refractivity contribution in [3.8, 4) is 11.6 Å². The van der Waals surface area contributed by atoms with E-state index in [4.69, 9.17) is 9.47 Å². The highest BCUT2D eigenvalue weighted by atomic mass is 16.5. The Labute approximate surface area is 114 Å². The molecule has 19 heavy (non-hydrogen) atoms. The molecule has 0 aromatic carbocycles. The average Bonchev–Trinajstić information content (AvgIpc) is 2.48. The summed E-state index contributed by atoms with van der Waals surface area (Å²) in [6, 6.07) is 3.40. The quantitative estimate of drug-likeness (QED) is 0.783. The van der Waals surface area contributed by atoms with E-state index in [1.807, 2.05) is 0 Å². The van der Waals surface area contributed by atoms with Gasteiger partial charge >= 0.3 is 5.97 Å². The highest BCUT2D eigenvalue weighted by Gasteiger charge is 2.26. The summed E-state index contributed by atoms with van der Waals surface area (Å²) >= 11 is 0. The minimum absolute atomic E-state index is 0.0462. The lowest BCUT2D eigenvalue weighted by Crippen LogP contribution is -2.25. The summed E-state index contributed by atoms with van der Waals surface area (Å²) < 4.78 is 10.3. The molecule has 0 bridgehead atoms. The van der Waals surface area contributed by atoms with Crippen LogP contribution < -0.4 is 9.47 Å². The molecule has 0 saturated heterocycles. The van der Waals surface area contributed by atoms with Gasteiger partial charge in [0.05, 0.1) is 19.2 Å². The molecule has 2 rings (SSSR count). The van der Waals surface area contributed by atoms with E-state index in [1.165, 1.54) is 12.6 Å². The van der Waals surface area contributed by atoms with Gasteiger partial charge in [0.2, 0.25) is 5.88 Å². The molecule has 0 aliphatic heterocycles. The van der Waals surface area contributed by atoms with Crippen molar-refractivity contribution in [1.29, 1.82) is 0 Å². The van der Waals surface area contributed by atoms with Crippen molar-refractivity contribution in [3.63, 3.8) is 0 Å². The molecular weight excluding hydrogens is 242 g/mol. The Bertz CT molecular complexity index is 408. The third-order valence-corrected chi connectivity index (χ3v) is 3.89. The molecule has 0 atom stereocenters. The summed E-state index contributed by atoms with van der Waals surface area (Å²) in [6.07, 6.45) is 6.90. The molecule has 4 heteroatoms. The molecule has 0 amide bonds. The molecule has 0 unspecified atom stereocenters. The number of carbonyl (C=O) groups is 1. The number of esters is 1. The Morgan fingerprint density at radius 1 is 1.32 bits per heavy atom. The van der Waals surface area contributed by atoms with Crippen molar-refractivity contribution >= 4 is 5.97 Å². The predicted octanol–water partition coefficient (Wildman–Crippen LogP) is 3.21. The van der Waals surface area contributed by atoms with Crippen LogP contribution in [-0.2, 0) is 4.79 Å². The summed E-state index contributed by atoms with van der Waals surface area (Å²) in [5.74, 6) is 1.71. The molecule has 0 radical (unpaired) electrons. The first kappa shape index (κ1) is 13.8. The molecule has 1 aromatic rings.